The minimum Gasteiger partial charge on any atom is -0.468 e. The Balaban J connectivity index is 2.24. The zero-order valence-corrected chi connectivity index (χ0v) is 11.4. The number of nitrogens with one attached hydrogen (secondary N) is 2. The molecule has 1 aromatic carbocycles. The molecule has 0 saturated carbocycles. The van der Waals surface area contributed by atoms with E-state index in [9.17, 15) is 9.59 Å². The van der Waals surface area contributed by atoms with Gasteiger partial charge in [-0.3, -0.25) is 9.59 Å². The van der Waals surface area contributed by atoms with Crippen LogP contribution in [0, 0.1) is 11.3 Å². The van der Waals surface area contributed by atoms with E-state index in [1.165, 1.54) is 7.11 Å². The lowest BCUT2D eigenvalue weighted by Crippen LogP contribution is -2.33. The molecule has 0 fully saturated rings. The second-order valence-electron chi connectivity index (χ2n) is 3.81. The van der Waals surface area contributed by atoms with Crippen molar-refractivity contribution < 1.29 is 14.3 Å². The number of rotatable bonds is 3. The Morgan fingerprint density at radius 3 is 2.85 bits per heavy atom. The first kappa shape index (κ1) is 14.0. The number of thioether (sulfide) groups is 1. The molecule has 0 unspecified atom stereocenters. The zero-order chi connectivity index (χ0) is 14.5. The van der Waals surface area contributed by atoms with Crippen molar-refractivity contribution in [1.29, 1.82) is 5.26 Å². The van der Waals surface area contributed by atoms with Crippen molar-refractivity contribution in [3.05, 3.63) is 40.6 Å². The second-order valence-corrected chi connectivity index (χ2v) is 4.79. The summed E-state index contributed by atoms with van der Waals surface area (Å²) in [6.45, 7) is 0. The SMILES string of the molecule is COC(=O)CS/C(C#N)=C1\NC(=O)c2ccccc2N1. The fourth-order valence-electron chi connectivity index (χ4n) is 1.60. The first-order chi connectivity index (χ1) is 9.65. The average Bonchev–Trinajstić information content (AvgIpc) is 2.47. The number of carbonyl (C=O) groups excluding carboxylic acids is 2. The van der Waals surface area contributed by atoms with E-state index in [0.29, 0.717) is 11.3 Å². The van der Waals surface area contributed by atoms with Crippen LogP contribution in [0.15, 0.2) is 35.0 Å². The summed E-state index contributed by atoms with van der Waals surface area (Å²) in [5.74, 6) is -0.445. The van der Waals surface area contributed by atoms with Crippen molar-refractivity contribution in [2.45, 2.75) is 0 Å². The molecule has 0 saturated heterocycles. The summed E-state index contributed by atoms with van der Waals surface area (Å²) in [5, 5.41) is 14.7. The highest BCUT2D eigenvalue weighted by Gasteiger charge is 2.22. The van der Waals surface area contributed by atoms with Gasteiger partial charge >= 0.3 is 5.97 Å². The number of methoxy groups -OCH3 is 1. The van der Waals surface area contributed by atoms with Gasteiger partial charge < -0.3 is 15.4 Å². The van der Waals surface area contributed by atoms with E-state index in [4.69, 9.17) is 5.26 Å². The van der Waals surface area contributed by atoms with Gasteiger partial charge in [0.2, 0.25) is 0 Å². The molecule has 2 N–H and O–H groups in total. The number of allylic oxidation sites excluding steroid dienone is 1. The summed E-state index contributed by atoms with van der Waals surface area (Å²) >= 11 is 1.00. The van der Waals surface area contributed by atoms with Gasteiger partial charge in [0, 0.05) is 0 Å². The lowest BCUT2D eigenvalue weighted by molar-refractivity contribution is -0.137. The maximum absolute atomic E-state index is 11.9. The zero-order valence-electron chi connectivity index (χ0n) is 10.6. The van der Waals surface area contributed by atoms with Gasteiger partial charge in [0.05, 0.1) is 24.1 Å². The summed E-state index contributed by atoms with van der Waals surface area (Å²) in [7, 11) is 1.28. The molecule has 0 spiro atoms. The number of ether oxygens (including phenoxy) is 1. The Morgan fingerprint density at radius 2 is 2.15 bits per heavy atom. The molecule has 0 atom stereocenters. The lowest BCUT2D eigenvalue weighted by atomic mass is 10.1. The number of nitriles is 1. The minimum absolute atomic E-state index is 0.00207. The normalized spacial score (nSPS) is 15.3. The molecule has 0 aromatic heterocycles. The Labute approximate surface area is 119 Å². The van der Waals surface area contributed by atoms with Crippen molar-refractivity contribution in [3.63, 3.8) is 0 Å². The number of hydrogen-bond acceptors (Lipinski definition) is 6. The fraction of sp³-hybridized carbons (Fsp3) is 0.154. The molecule has 0 aliphatic carbocycles. The Bertz CT molecular complexity index is 634. The quantitative estimate of drug-likeness (QED) is 0.646. The van der Waals surface area contributed by atoms with Gasteiger partial charge in [0.1, 0.15) is 16.8 Å². The summed E-state index contributed by atoms with van der Waals surface area (Å²) in [5.41, 5.74) is 1.13. The van der Waals surface area contributed by atoms with Crippen LogP contribution in [-0.2, 0) is 9.53 Å². The van der Waals surface area contributed by atoms with Crippen LogP contribution in [0.1, 0.15) is 10.4 Å². The monoisotopic (exact) mass is 289 g/mol. The van der Waals surface area contributed by atoms with E-state index < -0.39 is 5.97 Å². The Hall–Kier alpha value is -2.46. The van der Waals surface area contributed by atoms with Crippen molar-refractivity contribution in [1.82, 2.24) is 5.32 Å². The highest BCUT2D eigenvalue weighted by molar-refractivity contribution is 8.04. The van der Waals surface area contributed by atoms with Crippen LogP contribution >= 0.6 is 11.8 Å². The average molecular weight is 289 g/mol. The lowest BCUT2D eigenvalue weighted by Gasteiger charge is -2.21. The number of carbonyl (C=O) groups is 2. The molecule has 1 aliphatic heterocycles. The summed E-state index contributed by atoms with van der Waals surface area (Å²) in [6.07, 6.45) is 0. The van der Waals surface area contributed by atoms with Gasteiger partial charge in [0.15, 0.2) is 0 Å². The first-order valence-electron chi connectivity index (χ1n) is 5.67. The molecular weight excluding hydrogens is 278 g/mol. The molecule has 1 aromatic rings. The molecular formula is C13H11N3O3S. The second kappa shape index (κ2) is 6.12. The van der Waals surface area contributed by atoms with E-state index in [1.54, 1.807) is 24.3 Å². The number of para-hydroxylation sites is 1. The maximum Gasteiger partial charge on any atom is 0.316 e. The first-order valence-corrected chi connectivity index (χ1v) is 6.65. The molecule has 1 heterocycles. The fourth-order valence-corrected chi connectivity index (χ4v) is 2.29. The van der Waals surface area contributed by atoms with Gasteiger partial charge in [0.25, 0.3) is 5.91 Å². The van der Waals surface area contributed by atoms with Crippen molar-refractivity contribution in [2.24, 2.45) is 0 Å². The van der Waals surface area contributed by atoms with E-state index >= 15 is 0 Å². The van der Waals surface area contributed by atoms with Crippen molar-refractivity contribution >= 4 is 29.3 Å². The molecule has 1 aliphatic rings. The third-order valence-electron chi connectivity index (χ3n) is 2.56. The van der Waals surface area contributed by atoms with E-state index in [1.807, 2.05) is 6.07 Å². The van der Waals surface area contributed by atoms with Crippen LogP contribution in [0.2, 0.25) is 0 Å². The minimum atomic E-state index is -0.439. The van der Waals surface area contributed by atoms with Gasteiger partial charge in [-0.05, 0) is 12.1 Å². The summed E-state index contributed by atoms with van der Waals surface area (Å²) in [4.78, 5) is 23.2. The summed E-state index contributed by atoms with van der Waals surface area (Å²) in [6, 6.07) is 8.93. The molecule has 20 heavy (non-hydrogen) atoms. The molecule has 6 nitrogen and oxygen atoms in total. The Morgan fingerprint density at radius 1 is 1.40 bits per heavy atom. The topological polar surface area (TPSA) is 91.2 Å². The third kappa shape index (κ3) is 2.92. The number of nitrogens with zero attached hydrogens (tertiary/aromatic N) is 1. The van der Waals surface area contributed by atoms with E-state index in [-0.39, 0.29) is 22.4 Å². The smallest absolute Gasteiger partial charge is 0.316 e. The maximum atomic E-state index is 11.9. The number of fused-ring (bicyclic) bond motifs is 1. The van der Waals surface area contributed by atoms with Gasteiger partial charge in [-0.1, -0.05) is 23.9 Å². The van der Waals surface area contributed by atoms with Crippen molar-refractivity contribution in [3.8, 4) is 6.07 Å². The molecule has 0 bridgehead atoms. The largest absolute Gasteiger partial charge is 0.468 e. The molecule has 0 radical (unpaired) electrons. The van der Waals surface area contributed by atoms with E-state index in [0.717, 1.165) is 11.8 Å². The van der Waals surface area contributed by atoms with Gasteiger partial charge in [-0.15, -0.1) is 0 Å². The molecule has 102 valence electrons. The van der Waals surface area contributed by atoms with Crippen LogP contribution in [0.5, 0.6) is 0 Å². The van der Waals surface area contributed by atoms with Gasteiger partial charge in [-0.2, -0.15) is 5.26 Å². The van der Waals surface area contributed by atoms with Crippen molar-refractivity contribution in [2.75, 3.05) is 18.2 Å². The molecule has 2 rings (SSSR count). The highest BCUT2D eigenvalue weighted by atomic mass is 32.2. The third-order valence-corrected chi connectivity index (χ3v) is 3.52. The van der Waals surface area contributed by atoms with Crippen LogP contribution < -0.4 is 10.6 Å². The number of anilines is 1. The molecule has 1 amide bonds. The van der Waals surface area contributed by atoms with Crippen LogP contribution in [-0.4, -0.2) is 24.7 Å². The Kier molecular flexibility index (Phi) is 4.27. The standard InChI is InChI=1S/C13H11N3O3S/c1-19-11(17)7-20-10(6-14)12-15-9-5-3-2-4-8(9)13(18)16-12/h2-5,15H,7H2,1H3,(H,16,18)/b12-10-. The summed E-state index contributed by atoms with van der Waals surface area (Å²) < 4.78 is 4.51. The number of benzene rings is 1. The predicted octanol–water partition coefficient (Wildman–Crippen LogP) is 1.44. The number of esters is 1. The van der Waals surface area contributed by atoms with Gasteiger partial charge in [-0.25, -0.2) is 0 Å². The highest BCUT2D eigenvalue weighted by Crippen LogP contribution is 2.25. The molecule has 7 heteroatoms. The van der Waals surface area contributed by atoms with Crippen LogP contribution in [0.3, 0.4) is 0 Å². The number of hydrogen-bond donors (Lipinski definition) is 2. The van der Waals surface area contributed by atoms with Crippen LogP contribution in [0.25, 0.3) is 0 Å². The predicted molar refractivity (Wildman–Crippen MR) is 74.6 cm³/mol. The van der Waals surface area contributed by atoms with Crippen LogP contribution in [0.4, 0.5) is 5.69 Å². The van der Waals surface area contributed by atoms with E-state index in [2.05, 4.69) is 15.4 Å². The number of amides is 1.